The molecule has 318 valence electrons. The lowest BCUT2D eigenvalue weighted by atomic mass is 10.0. The number of Topliss-reactive ketones (excluding diaryl/α,β-unsaturated/α-hetero) is 1. The van der Waals surface area contributed by atoms with Gasteiger partial charge in [0, 0.05) is 43.3 Å². The van der Waals surface area contributed by atoms with Gasteiger partial charge in [0.25, 0.3) is 11.8 Å². The smallest absolute Gasteiger partial charge is 0.289 e. The minimum absolute atomic E-state index is 0.132. The van der Waals surface area contributed by atoms with Crippen LogP contribution in [-0.4, -0.2) is 140 Å². The number of morpholine rings is 1. The highest BCUT2D eigenvalue weighted by atomic mass is 35.5. The number of carbonyl (C=O) groups is 7. The molecule has 0 saturated carbocycles. The standard InChI is InChI=1S/C39H56ClN9O9/c1-23(33(51)39(57)43-16-17-49-18-20-58-21-19-49)44-36(54)30(6-4-5-15-41)46-34(52)24(2)45-38(56)32(25(3)50)48-37(55)31(22-42)47-35(53)28-9-7-26(8-10-28)27-11-13-29(40)14-12-27/h7-14,23-25,30-32,50H,4-6,15-22,41-42H2,1-3H3,(H,43,57)(H,44,54)(H,45,56)(H,46,52)(H,47,53)(H,48,55). The van der Waals surface area contributed by atoms with Crippen LogP contribution in [0.15, 0.2) is 48.5 Å². The van der Waals surface area contributed by atoms with E-state index in [0.29, 0.717) is 57.3 Å². The van der Waals surface area contributed by atoms with Crippen LogP contribution in [0.1, 0.15) is 50.4 Å². The van der Waals surface area contributed by atoms with Crippen molar-refractivity contribution in [1.29, 1.82) is 0 Å². The van der Waals surface area contributed by atoms with Crippen molar-refractivity contribution in [2.24, 2.45) is 11.5 Å². The first-order chi connectivity index (χ1) is 27.6. The predicted octanol–water partition coefficient (Wildman–Crippen LogP) is -1.43. The summed E-state index contributed by atoms with van der Waals surface area (Å²) in [6, 6.07) is 7.27. The molecule has 6 atom stereocenters. The van der Waals surface area contributed by atoms with Gasteiger partial charge >= 0.3 is 0 Å². The van der Waals surface area contributed by atoms with E-state index in [0.717, 1.165) is 11.1 Å². The van der Waals surface area contributed by atoms with Gasteiger partial charge in [0.2, 0.25) is 29.4 Å². The molecule has 19 heteroatoms. The zero-order valence-electron chi connectivity index (χ0n) is 33.1. The van der Waals surface area contributed by atoms with E-state index in [1.54, 1.807) is 36.4 Å². The zero-order valence-corrected chi connectivity index (χ0v) is 33.8. The van der Waals surface area contributed by atoms with E-state index in [1.807, 2.05) is 12.1 Å². The van der Waals surface area contributed by atoms with Crippen molar-refractivity contribution in [2.45, 2.75) is 76.3 Å². The third-order valence-corrected chi connectivity index (χ3v) is 9.62. The Bertz CT molecular complexity index is 1710. The largest absolute Gasteiger partial charge is 0.391 e. The van der Waals surface area contributed by atoms with Crippen LogP contribution >= 0.6 is 11.6 Å². The minimum atomic E-state index is -1.57. The summed E-state index contributed by atoms with van der Waals surface area (Å²) in [7, 11) is 0. The zero-order chi connectivity index (χ0) is 42.8. The molecule has 2 aromatic carbocycles. The number of nitrogens with two attached hydrogens (primary N) is 2. The van der Waals surface area contributed by atoms with Crippen molar-refractivity contribution >= 4 is 52.8 Å². The average Bonchev–Trinajstić information content (AvgIpc) is 3.21. The molecule has 6 amide bonds. The molecule has 0 aromatic heterocycles. The molecule has 0 radical (unpaired) electrons. The second-order valence-electron chi connectivity index (χ2n) is 14.0. The van der Waals surface area contributed by atoms with Gasteiger partial charge in [-0.25, -0.2) is 0 Å². The van der Waals surface area contributed by atoms with Gasteiger partial charge < -0.3 is 53.2 Å². The first kappa shape index (κ1) is 47.4. The molecule has 18 nitrogen and oxygen atoms in total. The van der Waals surface area contributed by atoms with Crippen molar-refractivity contribution in [2.75, 3.05) is 52.5 Å². The highest BCUT2D eigenvalue weighted by Gasteiger charge is 2.33. The summed E-state index contributed by atoms with van der Waals surface area (Å²) in [5, 5.41) is 25.9. The van der Waals surface area contributed by atoms with Crippen molar-refractivity contribution in [3.63, 3.8) is 0 Å². The Morgan fingerprint density at radius 3 is 1.91 bits per heavy atom. The fourth-order valence-electron chi connectivity index (χ4n) is 5.83. The number of ketones is 1. The van der Waals surface area contributed by atoms with Crippen molar-refractivity contribution in [1.82, 2.24) is 36.8 Å². The van der Waals surface area contributed by atoms with E-state index in [4.69, 9.17) is 27.8 Å². The second-order valence-corrected chi connectivity index (χ2v) is 14.4. The molecule has 1 heterocycles. The number of hydrogen-bond donors (Lipinski definition) is 9. The fourth-order valence-corrected chi connectivity index (χ4v) is 5.96. The van der Waals surface area contributed by atoms with Gasteiger partial charge in [-0.1, -0.05) is 35.9 Å². The number of aliphatic hydroxyl groups is 1. The number of ether oxygens (including phenoxy) is 1. The van der Waals surface area contributed by atoms with E-state index in [2.05, 4.69) is 36.8 Å². The monoisotopic (exact) mass is 829 g/mol. The number of halogens is 1. The number of rotatable bonds is 22. The predicted molar refractivity (Wildman–Crippen MR) is 216 cm³/mol. The van der Waals surface area contributed by atoms with Crippen LogP contribution in [0.2, 0.25) is 5.02 Å². The lowest BCUT2D eigenvalue weighted by Crippen LogP contribution is -2.61. The molecule has 2 aromatic rings. The van der Waals surface area contributed by atoms with Crippen LogP contribution in [0.25, 0.3) is 11.1 Å². The van der Waals surface area contributed by atoms with Gasteiger partial charge in [0.15, 0.2) is 0 Å². The maximum atomic E-state index is 13.3. The number of carbonyl (C=O) groups excluding carboxylic acids is 7. The van der Waals surface area contributed by atoms with Gasteiger partial charge in [0.1, 0.15) is 24.2 Å². The maximum absolute atomic E-state index is 13.3. The highest BCUT2D eigenvalue weighted by Crippen LogP contribution is 2.22. The molecule has 6 unspecified atom stereocenters. The fraction of sp³-hybridized carbons (Fsp3) is 0.513. The number of nitrogens with zero attached hydrogens (tertiary/aromatic N) is 1. The molecular formula is C39H56ClN9O9. The SMILES string of the molecule is CC(NC(=O)C(NC(=O)C(CN)NC(=O)c1ccc(-c2ccc(Cl)cc2)cc1)C(C)O)C(=O)NC(CCCCN)C(=O)NC(C)C(=O)C(=O)NCCN1CCOCC1. The second kappa shape index (κ2) is 24.1. The van der Waals surface area contributed by atoms with E-state index >= 15 is 0 Å². The maximum Gasteiger partial charge on any atom is 0.289 e. The Labute approximate surface area is 342 Å². The van der Waals surface area contributed by atoms with Crippen LogP contribution in [0.4, 0.5) is 0 Å². The number of unbranched alkanes of at least 4 members (excludes halogenated alkanes) is 1. The molecule has 0 aliphatic carbocycles. The van der Waals surface area contributed by atoms with E-state index in [9.17, 15) is 38.7 Å². The van der Waals surface area contributed by atoms with Gasteiger partial charge in [-0.15, -0.1) is 0 Å². The molecule has 0 bridgehead atoms. The summed E-state index contributed by atoms with van der Waals surface area (Å²) < 4.78 is 5.30. The van der Waals surface area contributed by atoms with Crippen molar-refractivity contribution < 1.29 is 43.4 Å². The molecule has 58 heavy (non-hydrogen) atoms. The minimum Gasteiger partial charge on any atom is -0.391 e. The summed E-state index contributed by atoms with van der Waals surface area (Å²) in [5.74, 6) is -5.65. The third-order valence-electron chi connectivity index (χ3n) is 9.37. The average molecular weight is 830 g/mol. The number of aliphatic hydroxyl groups excluding tert-OH is 1. The number of nitrogens with one attached hydrogen (secondary N) is 6. The summed E-state index contributed by atoms with van der Waals surface area (Å²) in [5.41, 5.74) is 13.4. The quantitative estimate of drug-likeness (QED) is 0.0488. The van der Waals surface area contributed by atoms with Gasteiger partial charge in [-0.05, 0) is 82.0 Å². The molecule has 1 aliphatic rings. The van der Waals surface area contributed by atoms with Crippen LogP contribution in [0.3, 0.4) is 0 Å². The Morgan fingerprint density at radius 1 is 0.741 bits per heavy atom. The summed E-state index contributed by atoms with van der Waals surface area (Å²) >= 11 is 5.97. The Hall–Kier alpha value is -4.98. The van der Waals surface area contributed by atoms with Crippen molar-refractivity contribution in [3.8, 4) is 11.1 Å². The van der Waals surface area contributed by atoms with Crippen LogP contribution in [0.5, 0.6) is 0 Å². The molecule has 1 aliphatic heterocycles. The van der Waals surface area contributed by atoms with Crippen LogP contribution < -0.4 is 43.4 Å². The van der Waals surface area contributed by atoms with Crippen LogP contribution in [-0.2, 0) is 33.5 Å². The number of hydrogen-bond acceptors (Lipinski definition) is 12. The first-order valence-electron chi connectivity index (χ1n) is 19.2. The Morgan fingerprint density at radius 2 is 1.33 bits per heavy atom. The van der Waals surface area contributed by atoms with Gasteiger partial charge in [-0.3, -0.25) is 38.5 Å². The Balaban J connectivity index is 1.55. The van der Waals surface area contributed by atoms with Gasteiger partial charge in [0.05, 0.1) is 25.4 Å². The molecule has 11 N–H and O–H groups in total. The van der Waals surface area contributed by atoms with E-state index < -0.39 is 77.5 Å². The van der Waals surface area contributed by atoms with E-state index in [1.165, 1.54) is 20.8 Å². The van der Waals surface area contributed by atoms with Crippen LogP contribution in [0, 0.1) is 0 Å². The topological polar surface area (TPSA) is 276 Å². The highest BCUT2D eigenvalue weighted by molar-refractivity contribution is 6.38. The molecular weight excluding hydrogens is 774 g/mol. The molecule has 1 fully saturated rings. The first-order valence-corrected chi connectivity index (χ1v) is 19.6. The lowest BCUT2D eigenvalue weighted by molar-refractivity contribution is -0.140. The van der Waals surface area contributed by atoms with E-state index in [-0.39, 0.29) is 25.1 Å². The molecule has 0 spiro atoms. The summed E-state index contributed by atoms with van der Waals surface area (Å²) in [6.45, 7) is 7.30. The van der Waals surface area contributed by atoms with Crippen molar-refractivity contribution in [3.05, 3.63) is 59.1 Å². The summed E-state index contributed by atoms with van der Waals surface area (Å²) in [4.78, 5) is 93.3. The number of amides is 6. The lowest BCUT2D eigenvalue weighted by Gasteiger charge is -2.26. The Kier molecular flexibility index (Phi) is 19.7. The summed E-state index contributed by atoms with van der Waals surface area (Å²) in [6.07, 6.45) is -0.349. The third kappa shape index (κ3) is 15.1. The normalized spacial score (nSPS) is 16.0. The molecule has 3 rings (SSSR count). The number of benzene rings is 2. The van der Waals surface area contributed by atoms with Gasteiger partial charge in [-0.2, -0.15) is 0 Å². The molecule has 1 saturated heterocycles.